The summed E-state index contributed by atoms with van der Waals surface area (Å²) in [7, 11) is 0. The summed E-state index contributed by atoms with van der Waals surface area (Å²) in [5.41, 5.74) is 2.08. The number of rotatable bonds is 7. The van der Waals surface area contributed by atoms with Crippen molar-refractivity contribution in [2.45, 2.75) is 19.1 Å². The van der Waals surface area contributed by atoms with E-state index in [9.17, 15) is 14.4 Å². The fraction of sp³-hybridized carbons (Fsp3) is 0.185. The van der Waals surface area contributed by atoms with E-state index in [1.165, 1.54) is 0 Å². The number of benzene rings is 3. The lowest BCUT2D eigenvalue weighted by Gasteiger charge is -2.24. The summed E-state index contributed by atoms with van der Waals surface area (Å²) in [6.07, 6.45) is 2.23. The smallest absolute Gasteiger partial charge is 0.329 e. The third kappa shape index (κ3) is 3.82. The minimum Gasteiger partial charge on any atom is -0.458 e. The van der Waals surface area contributed by atoms with Gasteiger partial charge < -0.3 is 4.74 Å². The van der Waals surface area contributed by atoms with Gasteiger partial charge in [0.25, 0.3) is 11.8 Å². The van der Waals surface area contributed by atoms with Crippen molar-refractivity contribution < 1.29 is 19.1 Å². The van der Waals surface area contributed by atoms with E-state index >= 15 is 0 Å². The van der Waals surface area contributed by atoms with Gasteiger partial charge in [0.15, 0.2) is 0 Å². The summed E-state index contributed by atoms with van der Waals surface area (Å²) in [5, 5.41) is 2.95. The van der Waals surface area contributed by atoms with Gasteiger partial charge in [-0.05, 0) is 42.0 Å². The average molecular weight is 471 g/mol. The molecule has 0 aliphatic carbocycles. The number of ether oxygens (including phenoxy) is 1. The Bertz CT molecular complexity index is 1400. The first kappa shape index (κ1) is 22.1. The van der Waals surface area contributed by atoms with Crippen molar-refractivity contribution in [1.82, 2.24) is 9.88 Å². The van der Waals surface area contributed by atoms with Crippen LogP contribution >= 0.6 is 11.8 Å². The predicted molar refractivity (Wildman–Crippen MR) is 133 cm³/mol. The van der Waals surface area contributed by atoms with E-state index in [0.717, 1.165) is 26.6 Å². The molecule has 3 aromatic carbocycles. The fourth-order valence-electron chi connectivity index (χ4n) is 4.39. The molecule has 0 fully saturated rings. The van der Waals surface area contributed by atoms with E-state index in [4.69, 9.17) is 9.72 Å². The molecular weight excluding hydrogens is 448 g/mol. The van der Waals surface area contributed by atoms with Crippen LogP contribution in [-0.4, -0.2) is 45.7 Å². The van der Waals surface area contributed by atoms with Gasteiger partial charge in [-0.2, -0.15) is 11.8 Å². The van der Waals surface area contributed by atoms with Crippen molar-refractivity contribution >= 4 is 51.2 Å². The molecule has 5 rings (SSSR count). The molecule has 0 spiro atoms. The Hall–Kier alpha value is -3.71. The minimum absolute atomic E-state index is 0.0525. The van der Waals surface area contributed by atoms with Crippen LogP contribution in [0.15, 0.2) is 72.8 Å². The van der Waals surface area contributed by atoms with Crippen LogP contribution in [0.25, 0.3) is 21.7 Å². The zero-order chi connectivity index (χ0) is 23.7. The second kappa shape index (κ2) is 9.27. The molecule has 34 heavy (non-hydrogen) atoms. The molecule has 7 heteroatoms. The van der Waals surface area contributed by atoms with Crippen LogP contribution in [0.4, 0.5) is 0 Å². The number of imide groups is 1. The van der Waals surface area contributed by atoms with Crippen molar-refractivity contribution in [3.63, 3.8) is 0 Å². The molecule has 4 aromatic rings. The summed E-state index contributed by atoms with van der Waals surface area (Å²) in [6, 6.07) is 21.3. The normalized spacial score (nSPS) is 14.0. The molecular formula is C27H22N2O4S. The fourth-order valence-corrected chi connectivity index (χ4v) is 4.85. The van der Waals surface area contributed by atoms with Crippen LogP contribution in [-0.2, 0) is 16.1 Å². The Kier molecular flexibility index (Phi) is 6.02. The topological polar surface area (TPSA) is 76.6 Å². The van der Waals surface area contributed by atoms with Crippen molar-refractivity contribution in [2.24, 2.45) is 0 Å². The van der Waals surface area contributed by atoms with Gasteiger partial charge in [-0.3, -0.25) is 14.5 Å². The number of fused-ring (bicyclic) bond motifs is 4. The molecule has 1 aliphatic rings. The van der Waals surface area contributed by atoms with Gasteiger partial charge in [0.2, 0.25) is 0 Å². The molecule has 0 bridgehead atoms. The Morgan fingerprint density at radius 1 is 0.882 bits per heavy atom. The largest absolute Gasteiger partial charge is 0.458 e. The lowest BCUT2D eigenvalue weighted by molar-refractivity contribution is -0.149. The number of hydrogen-bond donors (Lipinski definition) is 0. The van der Waals surface area contributed by atoms with E-state index in [0.29, 0.717) is 29.0 Å². The summed E-state index contributed by atoms with van der Waals surface area (Å²) in [6.45, 7) is -0.0525. The van der Waals surface area contributed by atoms with Crippen molar-refractivity contribution in [2.75, 3.05) is 12.0 Å². The number of amides is 2. The average Bonchev–Trinajstić information content (AvgIpc) is 3.13. The first-order valence-electron chi connectivity index (χ1n) is 11.0. The van der Waals surface area contributed by atoms with Crippen LogP contribution in [0, 0.1) is 0 Å². The van der Waals surface area contributed by atoms with Crippen LogP contribution in [0.5, 0.6) is 0 Å². The maximum absolute atomic E-state index is 13.2. The first-order valence-corrected chi connectivity index (χ1v) is 12.4. The Morgan fingerprint density at radius 2 is 1.47 bits per heavy atom. The standard InChI is InChI=1S/C27H22N2O4S/c1-34-15-14-24(29-25(30)20-11-4-5-12-21(20)26(29)31)27(32)33-16-23-19-10-3-2-8-17(19)18-9-6-7-13-22(18)28-23/h2-13,24H,14-16H2,1H3. The lowest BCUT2D eigenvalue weighted by Crippen LogP contribution is -2.46. The van der Waals surface area contributed by atoms with Crippen molar-refractivity contribution in [1.29, 1.82) is 0 Å². The number of hydrogen-bond acceptors (Lipinski definition) is 6. The van der Waals surface area contributed by atoms with Gasteiger partial charge in [-0.15, -0.1) is 0 Å². The second-order valence-electron chi connectivity index (χ2n) is 8.05. The maximum Gasteiger partial charge on any atom is 0.329 e. The molecule has 1 atom stereocenters. The highest BCUT2D eigenvalue weighted by Crippen LogP contribution is 2.29. The first-order chi connectivity index (χ1) is 16.6. The summed E-state index contributed by atoms with van der Waals surface area (Å²) in [5.74, 6) is -0.928. The third-order valence-corrected chi connectivity index (χ3v) is 6.69. The maximum atomic E-state index is 13.2. The summed E-state index contributed by atoms with van der Waals surface area (Å²) >= 11 is 1.54. The van der Waals surface area contributed by atoms with Crippen LogP contribution < -0.4 is 0 Å². The number of carbonyl (C=O) groups is 3. The van der Waals surface area contributed by atoms with Gasteiger partial charge in [-0.1, -0.05) is 54.6 Å². The van der Waals surface area contributed by atoms with Crippen LogP contribution in [0.1, 0.15) is 32.8 Å². The molecule has 0 radical (unpaired) electrons. The molecule has 2 amide bonds. The van der Waals surface area contributed by atoms with Gasteiger partial charge in [-0.25, -0.2) is 9.78 Å². The molecule has 2 heterocycles. The molecule has 1 aliphatic heterocycles. The number of pyridine rings is 1. The molecule has 1 aromatic heterocycles. The number of carbonyl (C=O) groups excluding carboxylic acids is 3. The van der Waals surface area contributed by atoms with Crippen LogP contribution in [0.3, 0.4) is 0 Å². The zero-order valence-electron chi connectivity index (χ0n) is 18.6. The predicted octanol–water partition coefficient (Wildman–Crippen LogP) is 4.85. The van der Waals surface area contributed by atoms with E-state index in [1.54, 1.807) is 36.0 Å². The van der Waals surface area contributed by atoms with E-state index in [2.05, 4.69) is 0 Å². The van der Waals surface area contributed by atoms with Gasteiger partial charge in [0, 0.05) is 10.8 Å². The van der Waals surface area contributed by atoms with Gasteiger partial charge in [0.05, 0.1) is 22.3 Å². The number of thioether (sulfide) groups is 1. The summed E-state index contributed by atoms with van der Waals surface area (Å²) in [4.78, 5) is 45.0. The van der Waals surface area contributed by atoms with Crippen molar-refractivity contribution in [3.8, 4) is 0 Å². The summed E-state index contributed by atoms with van der Waals surface area (Å²) < 4.78 is 5.70. The Labute approximate surface area is 200 Å². The molecule has 0 saturated carbocycles. The highest BCUT2D eigenvalue weighted by molar-refractivity contribution is 7.98. The second-order valence-corrected chi connectivity index (χ2v) is 9.04. The van der Waals surface area contributed by atoms with E-state index in [1.807, 2.05) is 54.8 Å². The minimum atomic E-state index is -0.994. The number of para-hydroxylation sites is 1. The lowest BCUT2D eigenvalue weighted by atomic mass is 10.0. The highest BCUT2D eigenvalue weighted by Gasteiger charge is 2.43. The van der Waals surface area contributed by atoms with E-state index < -0.39 is 23.8 Å². The van der Waals surface area contributed by atoms with Gasteiger partial charge >= 0.3 is 5.97 Å². The Morgan fingerprint density at radius 3 is 2.15 bits per heavy atom. The molecule has 6 nitrogen and oxygen atoms in total. The monoisotopic (exact) mass is 470 g/mol. The van der Waals surface area contributed by atoms with Crippen molar-refractivity contribution in [3.05, 3.63) is 89.6 Å². The van der Waals surface area contributed by atoms with Crippen LogP contribution in [0.2, 0.25) is 0 Å². The highest BCUT2D eigenvalue weighted by atomic mass is 32.2. The zero-order valence-corrected chi connectivity index (χ0v) is 19.4. The molecule has 170 valence electrons. The molecule has 0 saturated heterocycles. The number of esters is 1. The molecule has 0 N–H and O–H groups in total. The number of nitrogens with zero attached hydrogens (tertiary/aromatic N) is 2. The quantitative estimate of drug-likeness (QED) is 0.218. The SMILES string of the molecule is CSCCC(C(=O)OCc1nc2ccccc2c2ccccc12)N1C(=O)c2ccccc2C1=O. The number of aromatic nitrogens is 1. The third-order valence-electron chi connectivity index (χ3n) is 6.04. The Balaban J connectivity index is 1.44. The molecule has 1 unspecified atom stereocenters. The van der Waals surface area contributed by atoms with Gasteiger partial charge in [0.1, 0.15) is 12.6 Å². The van der Waals surface area contributed by atoms with E-state index in [-0.39, 0.29) is 6.61 Å².